The van der Waals surface area contributed by atoms with E-state index in [1.165, 1.54) is 19.3 Å². The molecule has 2 rings (SSSR count). The molecule has 18 heavy (non-hydrogen) atoms. The van der Waals surface area contributed by atoms with Crippen LogP contribution in [0.3, 0.4) is 0 Å². The molecule has 0 fully saturated rings. The molecule has 2 aromatic rings. The summed E-state index contributed by atoms with van der Waals surface area (Å²) in [6.07, 6.45) is 6.55. The average Bonchev–Trinajstić information content (AvgIpc) is 2.89. The molecule has 0 saturated carbocycles. The Kier molecular flexibility index (Phi) is 4.53. The number of aromatic nitrogens is 2. The molecule has 1 aromatic heterocycles. The normalized spacial score (nSPS) is 12.6. The van der Waals surface area contributed by atoms with Gasteiger partial charge < -0.3 is 10.7 Å². The van der Waals surface area contributed by atoms with Crippen molar-refractivity contribution in [2.24, 2.45) is 5.73 Å². The molecule has 0 amide bonds. The van der Waals surface area contributed by atoms with Gasteiger partial charge in [0.25, 0.3) is 0 Å². The molecule has 0 aliphatic carbocycles. The number of imidazole rings is 1. The van der Waals surface area contributed by atoms with Gasteiger partial charge in [-0.1, -0.05) is 56.5 Å². The Morgan fingerprint density at radius 1 is 1.22 bits per heavy atom. The van der Waals surface area contributed by atoms with Crippen LogP contribution in [0.15, 0.2) is 36.5 Å². The third kappa shape index (κ3) is 3.20. The van der Waals surface area contributed by atoms with Gasteiger partial charge in [0.05, 0.1) is 11.7 Å². The maximum Gasteiger partial charge on any atom is 0.123 e. The van der Waals surface area contributed by atoms with Crippen LogP contribution in [0.25, 0.3) is 11.3 Å². The molecular weight excluding hydrogens is 222 g/mol. The number of H-pyrrole nitrogens is 1. The van der Waals surface area contributed by atoms with Crippen LogP contribution in [0.1, 0.15) is 44.5 Å². The number of hydrogen-bond donors (Lipinski definition) is 2. The number of nitrogens with zero attached hydrogens (tertiary/aromatic N) is 1. The zero-order valence-electron chi connectivity index (χ0n) is 10.9. The predicted molar refractivity (Wildman–Crippen MR) is 75.1 cm³/mol. The van der Waals surface area contributed by atoms with E-state index < -0.39 is 0 Å². The van der Waals surface area contributed by atoms with E-state index in [1.54, 1.807) is 0 Å². The molecule has 96 valence electrons. The summed E-state index contributed by atoms with van der Waals surface area (Å²) in [6.45, 7) is 2.20. The molecule has 0 spiro atoms. The molecule has 0 aliphatic heterocycles. The summed E-state index contributed by atoms with van der Waals surface area (Å²) in [5.74, 6) is 0.893. The minimum atomic E-state index is 0.0222. The van der Waals surface area contributed by atoms with Crippen molar-refractivity contribution in [3.8, 4) is 11.3 Å². The monoisotopic (exact) mass is 243 g/mol. The molecule has 0 aliphatic rings. The van der Waals surface area contributed by atoms with Crippen LogP contribution in [0, 0.1) is 0 Å². The van der Waals surface area contributed by atoms with E-state index in [0.717, 1.165) is 23.5 Å². The van der Waals surface area contributed by atoms with Gasteiger partial charge in [-0.15, -0.1) is 0 Å². The van der Waals surface area contributed by atoms with Crippen molar-refractivity contribution in [3.05, 3.63) is 42.4 Å². The highest BCUT2D eigenvalue weighted by atomic mass is 15.0. The third-order valence-electron chi connectivity index (χ3n) is 3.14. The lowest BCUT2D eigenvalue weighted by Crippen LogP contribution is -2.11. The van der Waals surface area contributed by atoms with Crippen LogP contribution < -0.4 is 5.73 Å². The van der Waals surface area contributed by atoms with E-state index in [0.29, 0.717) is 0 Å². The lowest BCUT2D eigenvalue weighted by atomic mass is 10.1. The smallest absolute Gasteiger partial charge is 0.123 e. The second-order valence-electron chi connectivity index (χ2n) is 4.64. The average molecular weight is 243 g/mol. The van der Waals surface area contributed by atoms with Crippen molar-refractivity contribution < 1.29 is 0 Å². The largest absolute Gasteiger partial charge is 0.347 e. The molecule has 0 radical (unpaired) electrons. The van der Waals surface area contributed by atoms with E-state index in [4.69, 9.17) is 5.73 Å². The summed E-state index contributed by atoms with van der Waals surface area (Å²) in [6, 6.07) is 10.2. The van der Waals surface area contributed by atoms with Crippen LogP contribution in [-0.4, -0.2) is 9.97 Å². The van der Waals surface area contributed by atoms with Gasteiger partial charge in [0.15, 0.2) is 0 Å². The molecule has 1 heterocycles. The molecule has 0 saturated heterocycles. The summed E-state index contributed by atoms with van der Waals surface area (Å²) in [5.41, 5.74) is 8.23. The van der Waals surface area contributed by atoms with Crippen molar-refractivity contribution in [1.82, 2.24) is 9.97 Å². The standard InChI is InChI=1S/C15H21N3/c1-2-3-5-10-13(16)15-17-11-14(18-15)12-8-6-4-7-9-12/h4,6-9,11,13H,2-3,5,10,16H2,1H3,(H,17,18)/t13-/m0/s1. The number of benzene rings is 1. The Morgan fingerprint density at radius 3 is 2.72 bits per heavy atom. The van der Waals surface area contributed by atoms with Crippen LogP contribution in [0.5, 0.6) is 0 Å². The number of unbranched alkanes of at least 4 members (excludes halogenated alkanes) is 2. The number of nitrogens with two attached hydrogens (primary N) is 1. The molecule has 3 nitrogen and oxygen atoms in total. The van der Waals surface area contributed by atoms with E-state index in [-0.39, 0.29) is 6.04 Å². The summed E-state index contributed by atoms with van der Waals surface area (Å²) < 4.78 is 0. The fourth-order valence-electron chi connectivity index (χ4n) is 2.03. The minimum Gasteiger partial charge on any atom is -0.347 e. The lowest BCUT2D eigenvalue weighted by molar-refractivity contribution is 0.562. The molecule has 3 heteroatoms. The number of nitrogens with one attached hydrogen (secondary N) is 1. The second kappa shape index (κ2) is 6.36. The Labute approximate surface area is 108 Å². The first kappa shape index (κ1) is 12.8. The van der Waals surface area contributed by atoms with Gasteiger partial charge in [0.2, 0.25) is 0 Å². The predicted octanol–water partition coefficient (Wildman–Crippen LogP) is 3.66. The maximum atomic E-state index is 6.13. The number of rotatable bonds is 6. The number of aromatic amines is 1. The zero-order chi connectivity index (χ0) is 12.8. The van der Waals surface area contributed by atoms with Crippen molar-refractivity contribution in [1.29, 1.82) is 0 Å². The van der Waals surface area contributed by atoms with Gasteiger partial charge >= 0.3 is 0 Å². The lowest BCUT2D eigenvalue weighted by Gasteiger charge is -2.07. The van der Waals surface area contributed by atoms with E-state index in [9.17, 15) is 0 Å². The van der Waals surface area contributed by atoms with Crippen molar-refractivity contribution in [2.45, 2.75) is 38.6 Å². The topological polar surface area (TPSA) is 54.7 Å². The SMILES string of the molecule is CCCCC[C@H](N)c1nc(-c2ccccc2)c[nH]1. The quantitative estimate of drug-likeness (QED) is 0.761. The molecule has 1 atom stereocenters. The Bertz CT molecular complexity index is 462. The van der Waals surface area contributed by atoms with Crippen LogP contribution in [0.4, 0.5) is 0 Å². The van der Waals surface area contributed by atoms with Crippen molar-refractivity contribution in [3.63, 3.8) is 0 Å². The van der Waals surface area contributed by atoms with Gasteiger partial charge in [-0.05, 0) is 6.42 Å². The van der Waals surface area contributed by atoms with Gasteiger partial charge in [-0.2, -0.15) is 0 Å². The van der Waals surface area contributed by atoms with E-state index in [2.05, 4.69) is 29.0 Å². The van der Waals surface area contributed by atoms with Crippen molar-refractivity contribution in [2.75, 3.05) is 0 Å². The summed E-state index contributed by atoms with van der Waals surface area (Å²) >= 11 is 0. The summed E-state index contributed by atoms with van der Waals surface area (Å²) in [7, 11) is 0. The van der Waals surface area contributed by atoms with Crippen LogP contribution in [0.2, 0.25) is 0 Å². The highest BCUT2D eigenvalue weighted by Crippen LogP contribution is 2.20. The summed E-state index contributed by atoms with van der Waals surface area (Å²) in [5, 5.41) is 0. The Hall–Kier alpha value is -1.61. The first-order chi connectivity index (χ1) is 8.81. The first-order valence-corrected chi connectivity index (χ1v) is 6.67. The van der Waals surface area contributed by atoms with E-state index >= 15 is 0 Å². The van der Waals surface area contributed by atoms with Crippen LogP contribution in [-0.2, 0) is 0 Å². The second-order valence-corrected chi connectivity index (χ2v) is 4.64. The Morgan fingerprint density at radius 2 is 2.00 bits per heavy atom. The first-order valence-electron chi connectivity index (χ1n) is 6.67. The van der Waals surface area contributed by atoms with Gasteiger partial charge in [-0.25, -0.2) is 4.98 Å². The molecular formula is C15H21N3. The summed E-state index contributed by atoms with van der Waals surface area (Å²) in [4.78, 5) is 7.77. The van der Waals surface area contributed by atoms with Crippen LogP contribution >= 0.6 is 0 Å². The molecule has 0 bridgehead atoms. The minimum absolute atomic E-state index is 0.0222. The number of hydrogen-bond acceptors (Lipinski definition) is 2. The van der Waals surface area contributed by atoms with Gasteiger partial charge in [0.1, 0.15) is 5.82 Å². The highest BCUT2D eigenvalue weighted by molar-refractivity contribution is 5.58. The fraction of sp³-hybridized carbons (Fsp3) is 0.400. The zero-order valence-corrected chi connectivity index (χ0v) is 10.9. The fourth-order valence-corrected chi connectivity index (χ4v) is 2.03. The van der Waals surface area contributed by atoms with Gasteiger partial charge in [0, 0.05) is 11.8 Å². The van der Waals surface area contributed by atoms with Crippen molar-refractivity contribution >= 4 is 0 Å². The molecule has 1 aromatic carbocycles. The van der Waals surface area contributed by atoms with E-state index in [1.807, 2.05) is 24.4 Å². The highest BCUT2D eigenvalue weighted by Gasteiger charge is 2.10. The molecule has 0 unspecified atom stereocenters. The molecule has 3 N–H and O–H groups in total. The van der Waals surface area contributed by atoms with Gasteiger partial charge in [-0.3, -0.25) is 0 Å². The Balaban J connectivity index is 2.02. The third-order valence-corrected chi connectivity index (χ3v) is 3.14. The maximum absolute atomic E-state index is 6.13.